The van der Waals surface area contributed by atoms with Crippen molar-refractivity contribution in [1.29, 1.82) is 0 Å². The highest BCUT2D eigenvalue weighted by molar-refractivity contribution is 5.85. The number of benzene rings is 1. The summed E-state index contributed by atoms with van der Waals surface area (Å²) < 4.78 is 0. The predicted molar refractivity (Wildman–Crippen MR) is 71.1 cm³/mol. The van der Waals surface area contributed by atoms with Crippen molar-refractivity contribution in [2.24, 2.45) is 5.73 Å². The molecule has 90 valence electrons. The van der Waals surface area contributed by atoms with Crippen LogP contribution in [0.3, 0.4) is 0 Å². The maximum absolute atomic E-state index is 5.90. The second kappa shape index (κ2) is 6.24. The number of hydrogen-bond acceptors (Lipinski definition) is 2. The van der Waals surface area contributed by atoms with E-state index in [0.717, 1.165) is 19.5 Å². The van der Waals surface area contributed by atoms with Gasteiger partial charge in [-0.3, -0.25) is 0 Å². The minimum atomic E-state index is 0. The van der Waals surface area contributed by atoms with Crippen LogP contribution < -0.4 is 5.73 Å². The molecule has 1 aliphatic rings. The summed E-state index contributed by atoms with van der Waals surface area (Å²) in [6.45, 7) is 5.66. The molecule has 1 saturated heterocycles. The van der Waals surface area contributed by atoms with Gasteiger partial charge in [0, 0.05) is 19.1 Å². The molecule has 1 heterocycles. The molecular weight excluding hydrogens is 220 g/mol. The summed E-state index contributed by atoms with van der Waals surface area (Å²) in [4.78, 5) is 2.47. The van der Waals surface area contributed by atoms with Gasteiger partial charge in [-0.05, 0) is 24.4 Å². The quantitative estimate of drug-likeness (QED) is 0.878. The van der Waals surface area contributed by atoms with Crippen molar-refractivity contribution in [3.63, 3.8) is 0 Å². The van der Waals surface area contributed by atoms with Crippen molar-refractivity contribution in [3.05, 3.63) is 35.9 Å². The fourth-order valence-electron chi connectivity index (χ4n) is 2.30. The highest BCUT2D eigenvalue weighted by Crippen LogP contribution is 2.18. The standard InChI is InChI=1S/C13H20N2.ClH/c1-11(12-5-3-2-4-6-12)9-15-8-7-13(14)10-15;/h2-6,11,13H,7-10,14H2,1H3;1H/t11?,13-;/m0./s1. The first-order valence-corrected chi connectivity index (χ1v) is 5.78. The maximum atomic E-state index is 5.90. The lowest BCUT2D eigenvalue weighted by Crippen LogP contribution is -2.29. The smallest absolute Gasteiger partial charge is 0.0180 e. The van der Waals surface area contributed by atoms with Gasteiger partial charge in [0.1, 0.15) is 0 Å². The number of nitrogens with zero attached hydrogens (tertiary/aromatic N) is 1. The Morgan fingerprint density at radius 3 is 2.62 bits per heavy atom. The molecule has 1 aromatic rings. The molecule has 1 aliphatic heterocycles. The van der Waals surface area contributed by atoms with Crippen LogP contribution in [0.1, 0.15) is 24.8 Å². The average Bonchev–Trinajstić information content (AvgIpc) is 2.65. The highest BCUT2D eigenvalue weighted by Gasteiger charge is 2.20. The van der Waals surface area contributed by atoms with E-state index >= 15 is 0 Å². The predicted octanol–water partition coefficient (Wildman–Crippen LogP) is 2.24. The summed E-state index contributed by atoms with van der Waals surface area (Å²) in [5.41, 5.74) is 7.33. The third-order valence-electron chi connectivity index (χ3n) is 3.21. The van der Waals surface area contributed by atoms with E-state index in [2.05, 4.69) is 42.2 Å². The Balaban J connectivity index is 0.00000128. The summed E-state index contributed by atoms with van der Waals surface area (Å²) in [6.07, 6.45) is 1.15. The number of rotatable bonds is 3. The minimum absolute atomic E-state index is 0. The molecule has 2 rings (SSSR count). The molecule has 3 heteroatoms. The lowest BCUT2D eigenvalue weighted by molar-refractivity contribution is 0.317. The van der Waals surface area contributed by atoms with Crippen LogP contribution in [-0.2, 0) is 0 Å². The summed E-state index contributed by atoms with van der Waals surface area (Å²) in [6, 6.07) is 11.1. The van der Waals surface area contributed by atoms with E-state index in [1.807, 2.05) is 0 Å². The molecular formula is C13H21ClN2. The number of hydrogen-bond donors (Lipinski definition) is 1. The number of halogens is 1. The van der Waals surface area contributed by atoms with E-state index in [4.69, 9.17) is 5.73 Å². The Morgan fingerprint density at radius 2 is 2.06 bits per heavy atom. The molecule has 0 spiro atoms. The summed E-state index contributed by atoms with van der Waals surface area (Å²) in [5, 5.41) is 0. The number of likely N-dealkylation sites (tertiary alicyclic amines) is 1. The first kappa shape index (κ1) is 13.5. The van der Waals surface area contributed by atoms with Crippen molar-refractivity contribution in [3.8, 4) is 0 Å². The van der Waals surface area contributed by atoms with Crippen molar-refractivity contribution in [2.75, 3.05) is 19.6 Å². The van der Waals surface area contributed by atoms with Crippen molar-refractivity contribution in [2.45, 2.75) is 25.3 Å². The van der Waals surface area contributed by atoms with E-state index in [1.165, 1.54) is 12.1 Å². The lowest BCUT2D eigenvalue weighted by atomic mass is 10.0. The van der Waals surface area contributed by atoms with E-state index in [-0.39, 0.29) is 12.4 Å². The molecule has 1 unspecified atom stereocenters. The fourth-order valence-corrected chi connectivity index (χ4v) is 2.30. The molecule has 2 atom stereocenters. The molecule has 2 nitrogen and oxygen atoms in total. The van der Waals surface area contributed by atoms with Gasteiger partial charge >= 0.3 is 0 Å². The van der Waals surface area contributed by atoms with Gasteiger partial charge < -0.3 is 10.6 Å². The van der Waals surface area contributed by atoms with E-state index in [9.17, 15) is 0 Å². The Bertz CT molecular complexity index is 302. The fraction of sp³-hybridized carbons (Fsp3) is 0.538. The first-order chi connectivity index (χ1) is 7.25. The normalized spacial score (nSPS) is 22.8. The molecule has 2 N–H and O–H groups in total. The second-order valence-corrected chi connectivity index (χ2v) is 4.62. The van der Waals surface area contributed by atoms with Gasteiger partial charge in [-0.25, -0.2) is 0 Å². The molecule has 0 aliphatic carbocycles. The zero-order chi connectivity index (χ0) is 10.7. The van der Waals surface area contributed by atoms with Crippen LogP contribution in [0.4, 0.5) is 0 Å². The largest absolute Gasteiger partial charge is 0.326 e. The molecule has 1 aromatic carbocycles. The van der Waals surface area contributed by atoms with E-state index < -0.39 is 0 Å². The summed E-state index contributed by atoms with van der Waals surface area (Å²) >= 11 is 0. The van der Waals surface area contributed by atoms with E-state index in [1.54, 1.807) is 0 Å². The number of nitrogens with two attached hydrogens (primary N) is 1. The Hall–Kier alpha value is -0.570. The van der Waals surface area contributed by atoms with Crippen LogP contribution in [0.25, 0.3) is 0 Å². The van der Waals surface area contributed by atoms with Crippen molar-refractivity contribution < 1.29 is 0 Å². The molecule has 0 bridgehead atoms. The first-order valence-electron chi connectivity index (χ1n) is 5.78. The Kier molecular flexibility index (Phi) is 5.26. The lowest BCUT2D eigenvalue weighted by Gasteiger charge is -2.20. The molecule has 0 radical (unpaired) electrons. The highest BCUT2D eigenvalue weighted by atomic mass is 35.5. The summed E-state index contributed by atoms with van der Waals surface area (Å²) in [5.74, 6) is 0.608. The van der Waals surface area contributed by atoms with Crippen LogP contribution in [0.15, 0.2) is 30.3 Å². The molecule has 0 aromatic heterocycles. The van der Waals surface area contributed by atoms with Gasteiger partial charge in [0.2, 0.25) is 0 Å². The van der Waals surface area contributed by atoms with Gasteiger partial charge in [0.05, 0.1) is 0 Å². The van der Waals surface area contributed by atoms with Crippen LogP contribution in [0.2, 0.25) is 0 Å². The zero-order valence-electron chi connectivity index (χ0n) is 9.80. The Morgan fingerprint density at radius 1 is 1.38 bits per heavy atom. The third-order valence-corrected chi connectivity index (χ3v) is 3.21. The second-order valence-electron chi connectivity index (χ2n) is 4.62. The molecule has 16 heavy (non-hydrogen) atoms. The average molecular weight is 241 g/mol. The van der Waals surface area contributed by atoms with Gasteiger partial charge in [-0.15, -0.1) is 12.4 Å². The van der Waals surface area contributed by atoms with Gasteiger partial charge in [-0.2, -0.15) is 0 Å². The summed E-state index contributed by atoms with van der Waals surface area (Å²) in [7, 11) is 0. The zero-order valence-corrected chi connectivity index (χ0v) is 10.6. The molecule has 0 saturated carbocycles. The topological polar surface area (TPSA) is 29.3 Å². The van der Waals surface area contributed by atoms with Crippen LogP contribution in [-0.4, -0.2) is 30.6 Å². The van der Waals surface area contributed by atoms with Crippen LogP contribution >= 0.6 is 12.4 Å². The van der Waals surface area contributed by atoms with Crippen LogP contribution in [0, 0.1) is 0 Å². The van der Waals surface area contributed by atoms with Crippen molar-refractivity contribution >= 4 is 12.4 Å². The van der Waals surface area contributed by atoms with Crippen molar-refractivity contribution in [1.82, 2.24) is 4.90 Å². The van der Waals surface area contributed by atoms with Gasteiger partial charge in [-0.1, -0.05) is 37.3 Å². The molecule has 1 fully saturated rings. The van der Waals surface area contributed by atoms with Crippen LogP contribution in [0.5, 0.6) is 0 Å². The molecule has 0 amide bonds. The monoisotopic (exact) mass is 240 g/mol. The maximum Gasteiger partial charge on any atom is 0.0180 e. The third kappa shape index (κ3) is 3.48. The van der Waals surface area contributed by atoms with E-state index in [0.29, 0.717) is 12.0 Å². The Labute approximate surface area is 104 Å². The minimum Gasteiger partial charge on any atom is -0.326 e. The van der Waals surface area contributed by atoms with Gasteiger partial charge in [0.15, 0.2) is 0 Å². The SMILES string of the molecule is CC(CN1CC[C@H](N)C1)c1ccccc1.Cl. The van der Waals surface area contributed by atoms with Gasteiger partial charge in [0.25, 0.3) is 0 Å².